The monoisotopic (exact) mass is 430 g/mol. The molecule has 2 fully saturated rings. The zero-order valence-electron chi connectivity index (χ0n) is 15.3. The van der Waals surface area contributed by atoms with Crippen molar-refractivity contribution in [2.24, 2.45) is 5.92 Å². The molecule has 27 heavy (non-hydrogen) atoms. The molecule has 4 rings (SSSR count). The Bertz CT molecular complexity index is 813. The highest BCUT2D eigenvalue weighted by atomic mass is 79.9. The zero-order valence-corrected chi connectivity index (χ0v) is 16.9. The summed E-state index contributed by atoms with van der Waals surface area (Å²) in [5.74, 6) is 0.551. The number of nitrogens with zero attached hydrogens (tertiary/aromatic N) is 2. The molecule has 2 atom stereocenters. The van der Waals surface area contributed by atoms with Crippen LogP contribution in [-0.2, 0) is 17.9 Å². The number of rotatable bonds is 4. The van der Waals surface area contributed by atoms with Crippen LogP contribution in [0.1, 0.15) is 30.4 Å². The van der Waals surface area contributed by atoms with Crippen LogP contribution in [0.25, 0.3) is 0 Å². The van der Waals surface area contributed by atoms with Crippen LogP contribution in [0.5, 0.6) is 0 Å². The largest absolute Gasteiger partial charge is 0.334 e. The molecule has 0 aliphatic carbocycles. The normalized spacial score (nSPS) is 23.3. The lowest BCUT2D eigenvalue weighted by molar-refractivity contribution is -0.133. The summed E-state index contributed by atoms with van der Waals surface area (Å²) < 4.78 is 15.0. The van der Waals surface area contributed by atoms with E-state index in [-0.39, 0.29) is 17.8 Å². The molecule has 0 radical (unpaired) electrons. The van der Waals surface area contributed by atoms with Crippen LogP contribution < -0.4 is 0 Å². The first-order chi connectivity index (χ1) is 13.1. The van der Waals surface area contributed by atoms with Crippen LogP contribution in [0.15, 0.2) is 53.0 Å². The Hall–Kier alpha value is -1.72. The van der Waals surface area contributed by atoms with Crippen LogP contribution in [0.3, 0.4) is 0 Å². The Kier molecular flexibility index (Phi) is 5.60. The van der Waals surface area contributed by atoms with E-state index in [2.05, 4.69) is 37.9 Å². The van der Waals surface area contributed by atoms with Crippen molar-refractivity contribution in [3.05, 3.63) is 69.9 Å². The first kappa shape index (κ1) is 18.6. The molecule has 0 saturated carbocycles. The molecule has 142 valence electrons. The van der Waals surface area contributed by atoms with Crippen LogP contribution in [0.4, 0.5) is 4.39 Å². The molecule has 0 N–H and O–H groups in total. The zero-order chi connectivity index (χ0) is 18.8. The fourth-order valence-corrected chi connectivity index (χ4v) is 4.76. The number of hydrogen-bond donors (Lipinski definition) is 0. The first-order valence-corrected chi connectivity index (χ1v) is 10.4. The van der Waals surface area contributed by atoms with E-state index in [0.717, 1.165) is 36.0 Å². The average molecular weight is 431 g/mol. The van der Waals surface area contributed by atoms with Crippen molar-refractivity contribution in [3.8, 4) is 0 Å². The molecule has 1 amide bonds. The van der Waals surface area contributed by atoms with E-state index < -0.39 is 0 Å². The van der Waals surface area contributed by atoms with Crippen molar-refractivity contribution in [1.29, 1.82) is 0 Å². The summed E-state index contributed by atoms with van der Waals surface area (Å²) in [4.78, 5) is 17.1. The van der Waals surface area contributed by atoms with E-state index in [1.165, 1.54) is 11.6 Å². The lowest BCUT2D eigenvalue weighted by Gasteiger charge is -2.30. The number of halogens is 2. The molecule has 0 spiro atoms. The third kappa shape index (κ3) is 4.25. The van der Waals surface area contributed by atoms with E-state index in [1.54, 1.807) is 0 Å². The number of carbonyl (C=O) groups is 1. The number of likely N-dealkylation sites (tertiary alicyclic amines) is 2. The van der Waals surface area contributed by atoms with Gasteiger partial charge in [0.05, 0.1) is 0 Å². The number of fused-ring (bicyclic) bond motifs is 1. The number of benzene rings is 2. The minimum absolute atomic E-state index is 0.173. The van der Waals surface area contributed by atoms with Gasteiger partial charge in [-0.15, -0.1) is 0 Å². The van der Waals surface area contributed by atoms with Crippen molar-refractivity contribution in [2.75, 3.05) is 13.1 Å². The standard InChI is InChI=1S/C22H24BrFN2O/c23-19-10-9-17(20(24)11-19)13-25-14-18-7-4-8-22(27)26(21(18)15-25)12-16-5-2-1-3-6-16/h1-3,5-6,9-11,18,21H,4,7-8,12-15H2/t18-,21+/m1/s1. The highest BCUT2D eigenvalue weighted by Gasteiger charge is 2.40. The highest BCUT2D eigenvalue weighted by Crippen LogP contribution is 2.32. The third-order valence-electron chi connectivity index (χ3n) is 5.77. The Morgan fingerprint density at radius 2 is 1.89 bits per heavy atom. The van der Waals surface area contributed by atoms with E-state index >= 15 is 0 Å². The lowest BCUT2D eigenvalue weighted by atomic mass is 9.98. The summed E-state index contributed by atoms with van der Waals surface area (Å²) >= 11 is 3.32. The lowest BCUT2D eigenvalue weighted by Crippen LogP contribution is -2.42. The fourth-order valence-electron chi connectivity index (χ4n) is 4.43. The van der Waals surface area contributed by atoms with Crippen LogP contribution in [0, 0.1) is 11.7 Å². The van der Waals surface area contributed by atoms with Crippen molar-refractivity contribution in [2.45, 2.75) is 38.4 Å². The van der Waals surface area contributed by atoms with E-state index in [1.807, 2.05) is 30.3 Å². The summed E-state index contributed by atoms with van der Waals surface area (Å²) in [7, 11) is 0. The van der Waals surface area contributed by atoms with Gasteiger partial charge < -0.3 is 4.90 Å². The van der Waals surface area contributed by atoms with Gasteiger partial charge in [-0.25, -0.2) is 4.39 Å². The number of hydrogen-bond acceptors (Lipinski definition) is 2. The molecule has 2 heterocycles. The van der Waals surface area contributed by atoms with Crippen molar-refractivity contribution in [3.63, 3.8) is 0 Å². The summed E-state index contributed by atoms with van der Waals surface area (Å²) in [6.45, 7) is 3.01. The predicted molar refractivity (Wildman–Crippen MR) is 107 cm³/mol. The summed E-state index contributed by atoms with van der Waals surface area (Å²) in [6, 6.07) is 15.7. The maximum Gasteiger partial charge on any atom is 0.223 e. The second-order valence-electron chi connectivity index (χ2n) is 7.66. The van der Waals surface area contributed by atoms with Gasteiger partial charge in [-0.1, -0.05) is 52.3 Å². The van der Waals surface area contributed by atoms with Gasteiger partial charge in [0.25, 0.3) is 0 Å². The topological polar surface area (TPSA) is 23.6 Å². The number of carbonyl (C=O) groups excluding carboxylic acids is 1. The predicted octanol–water partition coefficient (Wildman–Crippen LogP) is 4.60. The maximum absolute atomic E-state index is 14.2. The third-order valence-corrected chi connectivity index (χ3v) is 6.27. The Morgan fingerprint density at radius 3 is 2.67 bits per heavy atom. The second kappa shape index (κ2) is 8.11. The molecule has 2 saturated heterocycles. The van der Waals surface area contributed by atoms with Crippen molar-refractivity contribution >= 4 is 21.8 Å². The smallest absolute Gasteiger partial charge is 0.223 e. The molecule has 3 nitrogen and oxygen atoms in total. The molecule has 2 aliphatic heterocycles. The SMILES string of the molecule is O=C1CCC[C@@H]2CN(Cc3ccc(Br)cc3F)C[C@@H]2N1Cc1ccccc1. The van der Waals surface area contributed by atoms with Gasteiger partial charge in [0.1, 0.15) is 5.82 Å². The molecule has 0 bridgehead atoms. The molecular weight excluding hydrogens is 407 g/mol. The van der Waals surface area contributed by atoms with Crippen LogP contribution in [0.2, 0.25) is 0 Å². The maximum atomic E-state index is 14.2. The fraction of sp³-hybridized carbons (Fsp3) is 0.409. The highest BCUT2D eigenvalue weighted by molar-refractivity contribution is 9.10. The van der Waals surface area contributed by atoms with Crippen molar-refractivity contribution < 1.29 is 9.18 Å². The van der Waals surface area contributed by atoms with Gasteiger partial charge in [-0.3, -0.25) is 9.69 Å². The van der Waals surface area contributed by atoms with E-state index in [9.17, 15) is 9.18 Å². The Morgan fingerprint density at radius 1 is 1.07 bits per heavy atom. The van der Waals surface area contributed by atoms with E-state index in [4.69, 9.17) is 0 Å². The molecule has 5 heteroatoms. The second-order valence-corrected chi connectivity index (χ2v) is 8.57. The molecule has 2 aromatic carbocycles. The van der Waals surface area contributed by atoms with Crippen LogP contribution in [-0.4, -0.2) is 34.8 Å². The quantitative estimate of drug-likeness (QED) is 0.707. The minimum atomic E-state index is -0.173. The Labute approximate surface area is 168 Å². The van der Waals surface area contributed by atoms with Gasteiger partial charge in [0.2, 0.25) is 5.91 Å². The number of amides is 1. The van der Waals surface area contributed by atoms with Gasteiger partial charge in [-0.2, -0.15) is 0 Å². The van der Waals surface area contributed by atoms with Gasteiger partial charge in [0, 0.05) is 48.7 Å². The van der Waals surface area contributed by atoms with Crippen LogP contribution >= 0.6 is 15.9 Å². The van der Waals surface area contributed by atoms with Crippen molar-refractivity contribution in [1.82, 2.24) is 9.80 Å². The summed E-state index contributed by atoms with van der Waals surface area (Å²) in [5.41, 5.74) is 1.89. The van der Waals surface area contributed by atoms with Gasteiger partial charge >= 0.3 is 0 Å². The summed E-state index contributed by atoms with van der Waals surface area (Å²) in [5, 5.41) is 0. The molecule has 0 aromatic heterocycles. The van der Waals surface area contributed by atoms with Gasteiger partial charge in [-0.05, 0) is 36.5 Å². The molecule has 2 aliphatic rings. The van der Waals surface area contributed by atoms with Gasteiger partial charge in [0.15, 0.2) is 0 Å². The average Bonchev–Trinajstić information content (AvgIpc) is 2.99. The molecule has 0 unspecified atom stereocenters. The molecule has 2 aromatic rings. The van der Waals surface area contributed by atoms with E-state index in [0.29, 0.717) is 25.4 Å². The summed E-state index contributed by atoms with van der Waals surface area (Å²) in [6.07, 6.45) is 2.66. The minimum Gasteiger partial charge on any atom is -0.334 e. The Balaban J connectivity index is 1.50. The first-order valence-electron chi connectivity index (χ1n) is 9.60. The molecular formula is C22H24BrFN2O.